The number of aryl methyl sites for hydroxylation is 1. The normalized spacial score (nSPS) is 12.2. The number of benzene rings is 1. The van der Waals surface area contributed by atoms with Crippen LogP contribution in [-0.4, -0.2) is 21.8 Å². The Morgan fingerprint density at radius 1 is 1.25 bits per heavy atom. The molecule has 1 unspecified atom stereocenters. The monoisotopic (exact) mass is 321 g/mol. The van der Waals surface area contributed by atoms with Gasteiger partial charge in [0.1, 0.15) is 5.65 Å². The molecule has 3 aromatic rings. The molecule has 4 nitrogen and oxygen atoms in total. The second-order valence-electron chi connectivity index (χ2n) is 6.13. The number of hydrogen-bond donors (Lipinski definition) is 1. The number of nitrogens with one attached hydrogen (secondary N) is 1. The summed E-state index contributed by atoms with van der Waals surface area (Å²) in [4.78, 5) is 16.9. The Labute approximate surface area is 142 Å². The Hall–Kier alpha value is -2.62. The van der Waals surface area contributed by atoms with Gasteiger partial charge < -0.3 is 9.72 Å². The van der Waals surface area contributed by atoms with Gasteiger partial charge in [-0.05, 0) is 36.6 Å². The molecule has 1 aromatic carbocycles. The van der Waals surface area contributed by atoms with Crippen molar-refractivity contribution in [1.29, 1.82) is 0 Å². The highest BCUT2D eigenvalue weighted by molar-refractivity contribution is 5.77. The number of imidazole rings is 1. The minimum atomic E-state index is -0.0132. The Balaban J connectivity index is 1.98. The van der Waals surface area contributed by atoms with Gasteiger partial charge in [0.2, 0.25) is 5.91 Å². The molecule has 0 aliphatic rings. The van der Waals surface area contributed by atoms with Gasteiger partial charge in [0.15, 0.2) is 0 Å². The zero-order valence-corrected chi connectivity index (χ0v) is 14.2. The lowest BCUT2D eigenvalue weighted by Crippen LogP contribution is -2.26. The molecule has 124 valence electrons. The maximum atomic E-state index is 12.3. The van der Waals surface area contributed by atoms with E-state index >= 15 is 0 Å². The third-order valence-electron chi connectivity index (χ3n) is 4.22. The summed E-state index contributed by atoms with van der Waals surface area (Å²) in [6.07, 6.45) is 5.29. The van der Waals surface area contributed by atoms with E-state index in [-0.39, 0.29) is 11.8 Å². The molecule has 1 N–H and O–H groups in total. The summed E-state index contributed by atoms with van der Waals surface area (Å²) in [6.45, 7) is 4.83. The second-order valence-corrected chi connectivity index (χ2v) is 6.13. The Bertz CT molecular complexity index is 823. The molecule has 2 heterocycles. The fourth-order valence-corrected chi connectivity index (χ4v) is 2.96. The SMILES string of the molecule is CCCNC(=O)CC(c1ccccc1)c1cnc2cc(C)ccn12. The van der Waals surface area contributed by atoms with Crippen molar-refractivity contribution in [1.82, 2.24) is 14.7 Å². The number of fused-ring (bicyclic) bond motifs is 1. The average Bonchev–Trinajstić information content (AvgIpc) is 3.01. The van der Waals surface area contributed by atoms with Gasteiger partial charge in [0.25, 0.3) is 0 Å². The van der Waals surface area contributed by atoms with Crippen LogP contribution >= 0.6 is 0 Å². The summed E-state index contributed by atoms with van der Waals surface area (Å²) in [5.74, 6) is 0.0635. The molecule has 4 heteroatoms. The van der Waals surface area contributed by atoms with E-state index in [4.69, 9.17) is 0 Å². The Morgan fingerprint density at radius 3 is 2.79 bits per heavy atom. The maximum Gasteiger partial charge on any atom is 0.221 e. The molecule has 0 aliphatic heterocycles. The topological polar surface area (TPSA) is 46.4 Å². The zero-order chi connectivity index (χ0) is 16.9. The van der Waals surface area contributed by atoms with E-state index in [9.17, 15) is 4.79 Å². The number of carbonyl (C=O) groups excluding carboxylic acids is 1. The van der Waals surface area contributed by atoms with Gasteiger partial charge in [0.05, 0.1) is 5.69 Å². The summed E-state index contributed by atoms with van der Waals surface area (Å²) in [5, 5.41) is 2.98. The fraction of sp³-hybridized carbons (Fsp3) is 0.300. The molecule has 0 bridgehead atoms. The van der Waals surface area contributed by atoms with Crippen molar-refractivity contribution in [3.8, 4) is 0 Å². The van der Waals surface area contributed by atoms with Crippen LogP contribution in [0.25, 0.3) is 5.65 Å². The summed E-state index contributed by atoms with van der Waals surface area (Å²) < 4.78 is 2.08. The fourth-order valence-electron chi connectivity index (χ4n) is 2.96. The summed E-state index contributed by atoms with van der Waals surface area (Å²) >= 11 is 0. The van der Waals surface area contributed by atoms with Crippen molar-refractivity contribution in [2.75, 3.05) is 6.54 Å². The van der Waals surface area contributed by atoms with Gasteiger partial charge in [-0.3, -0.25) is 4.79 Å². The van der Waals surface area contributed by atoms with Crippen LogP contribution in [0, 0.1) is 6.92 Å². The minimum Gasteiger partial charge on any atom is -0.356 e. The molecule has 1 amide bonds. The lowest BCUT2D eigenvalue weighted by Gasteiger charge is -2.17. The van der Waals surface area contributed by atoms with Crippen LogP contribution in [0.5, 0.6) is 0 Å². The molecule has 0 saturated heterocycles. The first-order chi connectivity index (χ1) is 11.7. The van der Waals surface area contributed by atoms with Crippen molar-refractivity contribution >= 4 is 11.6 Å². The average molecular weight is 321 g/mol. The van der Waals surface area contributed by atoms with Crippen LogP contribution in [0.1, 0.15) is 42.5 Å². The predicted octanol–water partition coefficient (Wildman–Crippen LogP) is 3.69. The van der Waals surface area contributed by atoms with E-state index in [0.29, 0.717) is 13.0 Å². The quantitative estimate of drug-likeness (QED) is 0.752. The van der Waals surface area contributed by atoms with Gasteiger partial charge in [0, 0.05) is 31.3 Å². The number of carbonyl (C=O) groups is 1. The van der Waals surface area contributed by atoms with Crippen molar-refractivity contribution in [3.63, 3.8) is 0 Å². The van der Waals surface area contributed by atoms with E-state index in [2.05, 4.69) is 52.8 Å². The Kier molecular flexibility index (Phi) is 4.94. The van der Waals surface area contributed by atoms with Gasteiger partial charge in [-0.15, -0.1) is 0 Å². The first-order valence-electron chi connectivity index (χ1n) is 8.44. The van der Waals surface area contributed by atoms with Crippen LogP contribution < -0.4 is 5.32 Å². The number of aromatic nitrogens is 2. The van der Waals surface area contributed by atoms with E-state index < -0.39 is 0 Å². The van der Waals surface area contributed by atoms with Crippen LogP contribution in [0.15, 0.2) is 54.9 Å². The van der Waals surface area contributed by atoms with Crippen LogP contribution in [-0.2, 0) is 4.79 Å². The Morgan fingerprint density at radius 2 is 2.04 bits per heavy atom. The summed E-state index contributed by atoms with van der Waals surface area (Å²) in [6, 6.07) is 14.3. The summed E-state index contributed by atoms with van der Waals surface area (Å²) in [5.41, 5.74) is 4.27. The molecule has 24 heavy (non-hydrogen) atoms. The zero-order valence-electron chi connectivity index (χ0n) is 14.2. The van der Waals surface area contributed by atoms with Gasteiger partial charge in [-0.2, -0.15) is 0 Å². The molecule has 3 rings (SSSR count). The van der Waals surface area contributed by atoms with Gasteiger partial charge in [-0.1, -0.05) is 37.3 Å². The van der Waals surface area contributed by atoms with E-state index in [1.54, 1.807) is 0 Å². The number of amides is 1. The highest BCUT2D eigenvalue weighted by atomic mass is 16.1. The first-order valence-corrected chi connectivity index (χ1v) is 8.44. The lowest BCUT2D eigenvalue weighted by molar-refractivity contribution is -0.121. The number of rotatable bonds is 6. The predicted molar refractivity (Wildman–Crippen MR) is 96.1 cm³/mol. The van der Waals surface area contributed by atoms with Crippen molar-refractivity contribution in [2.45, 2.75) is 32.6 Å². The van der Waals surface area contributed by atoms with Crippen LogP contribution in [0.3, 0.4) is 0 Å². The van der Waals surface area contributed by atoms with Crippen LogP contribution in [0.4, 0.5) is 0 Å². The standard InChI is InChI=1S/C20H23N3O/c1-3-10-21-20(24)13-17(16-7-5-4-6-8-16)18-14-22-19-12-15(2)9-11-23(18)19/h4-9,11-12,14,17H,3,10,13H2,1-2H3,(H,21,24). The highest BCUT2D eigenvalue weighted by Crippen LogP contribution is 2.28. The molecular weight excluding hydrogens is 298 g/mol. The molecule has 0 spiro atoms. The molecule has 0 radical (unpaired) electrons. The first kappa shape index (κ1) is 16.2. The van der Waals surface area contributed by atoms with E-state index in [1.165, 1.54) is 5.56 Å². The number of pyridine rings is 1. The third-order valence-corrected chi connectivity index (χ3v) is 4.22. The molecule has 0 fully saturated rings. The number of hydrogen-bond acceptors (Lipinski definition) is 2. The highest BCUT2D eigenvalue weighted by Gasteiger charge is 2.21. The van der Waals surface area contributed by atoms with Crippen LogP contribution in [0.2, 0.25) is 0 Å². The third kappa shape index (κ3) is 3.48. The molecule has 0 aliphatic carbocycles. The molecule has 1 atom stereocenters. The lowest BCUT2D eigenvalue weighted by atomic mass is 9.92. The van der Waals surface area contributed by atoms with Gasteiger partial charge >= 0.3 is 0 Å². The van der Waals surface area contributed by atoms with Crippen molar-refractivity contribution in [2.24, 2.45) is 0 Å². The minimum absolute atomic E-state index is 0.0132. The molecule has 0 saturated carbocycles. The maximum absolute atomic E-state index is 12.3. The summed E-state index contributed by atoms with van der Waals surface area (Å²) in [7, 11) is 0. The molecular formula is C20H23N3O. The van der Waals surface area contributed by atoms with Crippen molar-refractivity contribution in [3.05, 3.63) is 71.7 Å². The largest absolute Gasteiger partial charge is 0.356 e. The van der Waals surface area contributed by atoms with Gasteiger partial charge in [-0.25, -0.2) is 4.98 Å². The van der Waals surface area contributed by atoms with E-state index in [1.807, 2.05) is 30.6 Å². The van der Waals surface area contributed by atoms with E-state index in [0.717, 1.165) is 23.3 Å². The number of nitrogens with zero attached hydrogens (tertiary/aromatic N) is 2. The second kappa shape index (κ2) is 7.30. The smallest absolute Gasteiger partial charge is 0.221 e. The molecule has 2 aromatic heterocycles. The van der Waals surface area contributed by atoms with Crippen molar-refractivity contribution < 1.29 is 4.79 Å².